The molecule has 0 aromatic carbocycles. The summed E-state index contributed by atoms with van der Waals surface area (Å²) >= 11 is 1.86. The predicted molar refractivity (Wildman–Crippen MR) is 88.7 cm³/mol. The van der Waals surface area contributed by atoms with E-state index in [1.807, 2.05) is 11.3 Å². The van der Waals surface area contributed by atoms with Crippen LogP contribution in [0, 0.1) is 17.3 Å². The average molecular weight is 295 g/mol. The van der Waals surface area contributed by atoms with E-state index in [0.717, 1.165) is 18.3 Å². The fourth-order valence-corrected chi connectivity index (χ4v) is 4.32. The Morgan fingerprint density at radius 1 is 1.30 bits per heavy atom. The molecule has 0 bridgehead atoms. The zero-order valence-corrected chi connectivity index (χ0v) is 14.0. The molecule has 20 heavy (non-hydrogen) atoms. The SMILES string of the molecule is CC(C)(C)C1CCC(C(CCc2cccs2)NN)CC1. The van der Waals surface area contributed by atoms with Gasteiger partial charge in [-0.05, 0) is 67.2 Å². The highest BCUT2D eigenvalue weighted by Crippen LogP contribution is 2.41. The minimum atomic E-state index is 0.466. The Morgan fingerprint density at radius 3 is 2.50 bits per heavy atom. The Morgan fingerprint density at radius 2 is 2.00 bits per heavy atom. The lowest BCUT2D eigenvalue weighted by atomic mass is 9.68. The molecule has 1 aromatic rings. The zero-order chi connectivity index (χ0) is 14.6. The number of rotatable bonds is 5. The molecule has 1 unspecified atom stereocenters. The summed E-state index contributed by atoms with van der Waals surface area (Å²) in [5, 5.41) is 2.16. The lowest BCUT2D eigenvalue weighted by Crippen LogP contribution is -2.43. The second-order valence-electron chi connectivity index (χ2n) is 7.37. The number of nitrogens with two attached hydrogens (primary N) is 1. The van der Waals surface area contributed by atoms with Gasteiger partial charge in [0.15, 0.2) is 0 Å². The molecule has 2 rings (SSSR count). The van der Waals surface area contributed by atoms with E-state index in [-0.39, 0.29) is 0 Å². The Bertz CT molecular complexity index is 372. The molecule has 1 aliphatic rings. The largest absolute Gasteiger partial charge is 0.271 e. The highest BCUT2D eigenvalue weighted by Gasteiger charge is 2.32. The highest BCUT2D eigenvalue weighted by molar-refractivity contribution is 7.09. The number of aryl methyl sites for hydroxylation is 1. The van der Waals surface area contributed by atoms with E-state index in [9.17, 15) is 0 Å². The van der Waals surface area contributed by atoms with Gasteiger partial charge in [-0.25, -0.2) is 0 Å². The maximum absolute atomic E-state index is 5.82. The third-order valence-electron chi connectivity index (χ3n) is 5.06. The molecule has 1 fully saturated rings. The van der Waals surface area contributed by atoms with E-state index in [0.29, 0.717) is 11.5 Å². The van der Waals surface area contributed by atoms with E-state index in [1.54, 1.807) is 0 Å². The number of hydrogen-bond donors (Lipinski definition) is 2. The summed E-state index contributed by atoms with van der Waals surface area (Å²) in [5.41, 5.74) is 3.56. The van der Waals surface area contributed by atoms with Crippen LogP contribution in [0.5, 0.6) is 0 Å². The summed E-state index contributed by atoms with van der Waals surface area (Å²) in [6.45, 7) is 7.15. The Hall–Kier alpha value is -0.380. The van der Waals surface area contributed by atoms with Crippen molar-refractivity contribution < 1.29 is 0 Å². The monoisotopic (exact) mass is 294 g/mol. The number of hydrogen-bond acceptors (Lipinski definition) is 3. The third kappa shape index (κ3) is 4.31. The molecule has 1 saturated carbocycles. The molecule has 1 aromatic heterocycles. The summed E-state index contributed by atoms with van der Waals surface area (Å²) in [6.07, 6.45) is 7.73. The van der Waals surface area contributed by atoms with Gasteiger partial charge in [-0.15, -0.1) is 11.3 Å². The van der Waals surface area contributed by atoms with Crippen LogP contribution in [0.1, 0.15) is 57.8 Å². The van der Waals surface area contributed by atoms with Crippen molar-refractivity contribution in [3.63, 3.8) is 0 Å². The van der Waals surface area contributed by atoms with Crippen molar-refractivity contribution in [3.05, 3.63) is 22.4 Å². The van der Waals surface area contributed by atoms with Crippen LogP contribution in [0.2, 0.25) is 0 Å². The second kappa shape index (κ2) is 7.06. The van der Waals surface area contributed by atoms with Crippen LogP contribution in [0.15, 0.2) is 17.5 Å². The van der Waals surface area contributed by atoms with Gasteiger partial charge in [0.25, 0.3) is 0 Å². The minimum absolute atomic E-state index is 0.466. The highest BCUT2D eigenvalue weighted by atomic mass is 32.1. The van der Waals surface area contributed by atoms with Crippen LogP contribution in [0.3, 0.4) is 0 Å². The maximum Gasteiger partial charge on any atom is 0.0242 e. The smallest absolute Gasteiger partial charge is 0.0242 e. The molecule has 3 N–H and O–H groups in total. The number of hydrazine groups is 1. The molecule has 0 aliphatic heterocycles. The fourth-order valence-electron chi connectivity index (χ4n) is 3.60. The first kappa shape index (κ1) is 16.0. The molecule has 1 heterocycles. The van der Waals surface area contributed by atoms with Crippen LogP contribution < -0.4 is 11.3 Å². The van der Waals surface area contributed by atoms with Crippen molar-refractivity contribution in [2.45, 2.75) is 65.3 Å². The van der Waals surface area contributed by atoms with Gasteiger partial charge < -0.3 is 0 Å². The topological polar surface area (TPSA) is 38.0 Å². The summed E-state index contributed by atoms with van der Waals surface area (Å²) in [7, 11) is 0. The molecule has 3 heteroatoms. The van der Waals surface area contributed by atoms with Crippen molar-refractivity contribution in [3.8, 4) is 0 Å². The molecule has 1 atom stereocenters. The van der Waals surface area contributed by atoms with Gasteiger partial charge in [0.05, 0.1) is 0 Å². The molecular weight excluding hydrogens is 264 g/mol. The quantitative estimate of drug-likeness (QED) is 0.625. The van der Waals surface area contributed by atoms with Crippen molar-refractivity contribution >= 4 is 11.3 Å². The van der Waals surface area contributed by atoms with E-state index in [4.69, 9.17) is 5.84 Å². The molecule has 0 spiro atoms. The zero-order valence-electron chi connectivity index (χ0n) is 13.2. The van der Waals surface area contributed by atoms with E-state index in [2.05, 4.69) is 43.7 Å². The number of thiophene rings is 1. The maximum atomic E-state index is 5.82. The van der Waals surface area contributed by atoms with Gasteiger partial charge in [-0.3, -0.25) is 11.3 Å². The minimum Gasteiger partial charge on any atom is -0.271 e. The molecule has 0 saturated heterocycles. The summed E-state index contributed by atoms with van der Waals surface area (Å²) in [6, 6.07) is 4.85. The van der Waals surface area contributed by atoms with Crippen LogP contribution in [0.25, 0.3) is 0 Å². The van der Waals surface area contributed by atoms with Crippen LogP contribution >= 0.6 is 11.3 Å². The predicted octanol–water partition coefficient (Wildman–Crippen LogP) is 4.37. The van der Waals surface area contributed by atoms with Crippen LogP contribution in [-0.2, 0) is 6.42 Å². The normalized spacial score (nSPS) is 25.6. The fraction of sp³-hybridized carbons (Fsp3) is 0.765. The molecule has 1 aliphatic carbocycles. The first-order valence-electron chi connectivity index (χ1n) is 7.99. The van der Waals surface area contributed by atoms with Gasteiger partial charge in [0, 0.05) is 10.9 Å². The Labute approximate surface area is 128 Å². The van der Waals surface area contributed by atoms with Gasteiger partial charge in [0.1, 0.15) is 0 Å². The van der Waals surface area contributed by atoms with Crippen molar-refractivity contribution in [2.24, 2.45) is 23.1 Å². The molecule has 2 nitrogen and oxygen atoms in total. The lowest BCUT2D eigenvalue weighted by Gasteiger charge is -2.39. The first-order valence-corrected chi connectivity index (χ1v) is 8.87. The van der Waals surface area contributed by atoms with E-state index >= 15 is 0 Å². The Balaban J connectivity index is 1.81. The standard InChI is InChI=1S/C17H30N2S/c1-17(2,3)14-8-6-13(7-9-14)16(19-18)11-10-15-5-4-12-20-15/h4-5,12-14,16,19H,6-11,18H2,1-3H3. The van der Waals surface area contributed by atoms with Gasteiger partial charge in [-0.2, -0.15) is 0 Å². The molecule has 0 radical (unpaired) electrons. The van der Waals surface area contributed by atoms with Crippen LogP contribution in [-0.4, -0.2) is 6.04 Å². The second-order valence-corrected chi connectivity index (χ2v) is 8.40. The first-order chi connectivity index (χ1) is 9.50. The Kier molecular flexibility index (Phi) is 5.65. The van der Waals surface area contributed by atoms with Gasteiger partial charge in [-0.1, -0.05) is 26.8 Å². The number of nitrogens with one attached hydrogen (secondary N) is 1. The molecule has 0 amide bonds. The average Bonchev–Trinajstić information content (AvgIpc) is 2.92. The third-order valence-corrected chi connectivity index (χ3v) is 6.00. The summed E-state index contributed by atoms with van der Waals surface area (Å²) in [5.74, 6) is 7.46. The van der Waals surface area contributed by atoms with Crippen molar-refractivity contribution in [1.29, 1.82) is 0 Å². The van der Waals surface area contributed by atoms with Gasteiger partial charge >= 0.3 is 0 Å². The van der Waals surface area contributed by atoms with E-state index in [1.165, 1.54) is 37.0 Å². The summed E-state index contributed by atoms with van der Waals surface area (Å²) in [4.78, 5) is 1.48. The molecular formula is C17H30N2S. The summed E-state index contributed by atoms with van der Waals surface area (Å²) < 4.78 is 0. The van der Waals surface area contributed by atoms with Gasteiger partial charge in [0.2, 0.25) is 0 Å². The van der Waals surface area contributed by atoms with E-state index < -0.39 is 0 Å². The van der Waals surface area contributed by atoms with Crippen molar-refractivity contribution in [2.75, 3.05) is 0 Å². The van der Waals surface area contributed by atoms with Crippen LogP contribution in [0.4, 0.5) is 0 Å². The van der Waals surface area contributed by atoms with Crippen molar-refractivity contribution in [1.82, 2.24) is 5.43 Å². The lowest BCUT2D eigenvalue weighted by molar-refractivity contribution is 0.130. The molecule has 114 valence electrons.